The van der Waals surface area contributed by atoms with Gasteiger partial charge in [0.1, 0.15) is 0 Å². The molecule has 0 N–H and O–H groups in total. The molecule has 0 aliphatic heterocycles. The maximum absolute atomic E-state index is 2.44. The minimum absolute atomic E-state index is 0.718. The highest BCUT2D eigenvalue weighted by Crippen LogP contribution is 2.08. The zero-order valence-electron chi connectivity index (χ0n) is 9.53. The Bertz CT molecular complexity index is 244. The van der Waals surface area contributed by atoms with Gasteiger partial charge in [0.15, 0.2) is 0 Å². The quantitative estimate of drug-likeness (QED) is 0.643. The van der Waals surface area contributed by atoms with Gasteiger partial charge >= 0.3 is 0 Å². The van der Waals surface area contributed by atoms with Crippen LogP contribution < -0.4 is 0 Å². The Morgan fingerprint density at radius 1 is 1.07 bits per heavy atom. The average Bonchev–Trinajstić information content (AvgIpc) is 2.21. The zero-order valence-corrected chi connectivity index (χ0v) is 9.53. The average molecular weight is 189 g/mol. The molecule has 0 bridgehead atoms. The molecule has 0 atom stereocenters. The first kappa shape index (κ1) is 11.3. The minimum Gasteiger partial charge on any atom is -0.341 e. The lowest BCUT2D eigenvalue weighted by atomic mass is 9.55. The van der Waals surface area contributed by atoms with Crippen molar-refractivity contribution in [3.05, 3.63) is 35.9 Å². The molecule has 1 aromatic carbocycles. The van der Waals surface area contributed by atoms with Crippen molar-refractivity contribution in [1.29, 1.82) is 0 Å². The molecule has 0 saturated carbocycles. The summed E-state index contributed by atoms with van der Waals surface area (Å²) in [6.07, 6.45) is 2.47. The van der Waals surface area contributed by atoms with Crippen molar-refractivity contribution in [2.24, 2.45) is 0 Å². The Morgan fingerprint density at radius 3 is 2.14 bits per heavy atom. The van der Waals surface area contributed by atoms with Crippen LogP contribution in [0.4, 0.5) is 0 Å². The van der Waals surface area contributed by atoms with Gasteiger partial charge in [0, 0.05) is 6.54 Å². The Balaban J connectivity index is 2.52. The van der Waals surface area contributed by atoms with Crippen LogP contribution in [0.5, 0.6) is 0 Å². The molecule has 0 unspecified atom stereocenters. The van der Waals surface area contributed by atoms with Gasteiger partial charge in [0.25, 0.3) is 0 Å². The number of nitrogens with zero attached hydrogens (tertiary/aromatic N) is 1. The molecule has 0 aliphatic rings. The lowest BCUT2D eigenvalue weighted by Crippen LogP contribution is -2.34. The second-order valence-corrected chi connectivity index (χ2v) is 3.87. The van der Waals surface area contributed by atoms with Gasteiger partial charge in [-0.05, 0) is 12.6 Å². The van der Waals surface area contributed by atoms with Gasteiger partial charge in [0.05, 0.1) is 0 Å². The van der Waals surface area contributed by atoms with Gasteiger partial charge in [-0.2, -0.15) is 0 Å². The fraction of sp³-hybridized carbons (Fsp3) is 0.500. The molecule has 1 aromatic rings. The SMILES string of the molecule is CCB(CC)N(C)Cc1ccccc1. The first-order valence-electron chi connectivity index (χ1n) is 5.52. The van der Waals surface area contributed by atoms with Gasteiger partial charge in [-0.3, -0.25) is 0 Å². The molecular formula is C12H20BN. The molecule has 0 spiro atoms. The standard InChI is InChI=1S/C12H20BN/c1-4-13(5-2)14(3)11-12-9-7-6-8-10-12/h6-10H,4-5,11H2,1-3H3. The second-order valence-electron chi connectivity index (χ2n) is 3.87. The topological polar surface area (TPSA) is 3.24 Å². The van der Waals surface area contributed by atoms with Gasteiger partial charge in [-0.1, -0.05) is 56.8 Å². The van der Waals surface area contributed by atoms with Gasteiger partial charge in [-0.15, -0.1) is 0 Å². The fourth-order valence-electron chi connectivity index (χ4n) is 1.91. The van der Waals surface area contributed by atoms with Crippen molar-refractivity contribution >= 4 is 6.85 Å². The molecule has 0 aliphatic carbocycles. The predicted molar refractivity (Wildman–Crippen MR) is 64.6 cm³/mol. The van der Waals surface area contributed by atoms with Gasteiger partial charge < -0.3 is 4.81 Å². The minimum atomic E-state index is 0.718. The number of rotatable bonds is 5. The molecule has 0 heterocycles. The zero-order chi connectivity index (χ0) is 10.4. The molecule has 1 rings (SSSR count). The van der Waals surface area contributed by atoms with Crippen LogP contribution in [0.3, 0.4) is 0 Å². The summed E-state index contributed by atoms with van der Waals surface area (Å²) >= 11 is 0. The van der Waals surface area contributed by atoms with E-state index in [1.165, 1.54) is 18.2 Å². The highest BCUT2D eigenvalue weighted by molar-refractivity contribution is 6.55. The van der Waals surface area contributed by atoms with Crippen molar-refractivity contribution in [3.63, 3.8) is 0 Å². The lowest BCUT2D eigenvalue weighted by molar-refractivity contribution is 0.512. The first-order valence-corrected chi connectivity index (χ1v) is 5.52. The summed E-state index contributed by atoms with van der Waals surface area (Å²) in [4.78, 5) is 2.44. The molecule has 0 radical (unpaired) electrons. The summed E-state index contributed by atoms with van der Waals surface area (Å²) in [7, 11) is 2.21. The monoisotopic (exact) mass is 189 g/mol. The third kappa shape index (κ3) is 3.19. The Kier molecular flexibility index (Phi) is 4.74. The molecule has 1 nitrogen and oxygen atoms in total. The van der Waals surface area contributed by atoms with Crippen molar-refractivity contribution in [1.82, 2.24) is 4.81 Å². The first-order chi connectivity index (χ1) is 6.77. The third-order valence-corrected chi connectivity index (χ3v) is 2.84. The highest BCUT2D eigenvalue weighted by atomic mass is 15.0. The largest absolute Gasteiger partial charge is 0.341 e. The lowest BCUT2D eigenvalue weighted by Gasteiger charge is -2.23. The van der Waals surface area contributed by atoms with Crippen LogP contribution in [0.15, 0.2) is 30.3 Å². The Labute approximate surface area is 88.2 Å². The summed E-state index contributed by atoms with van der Waals surface area (Å²) in [5.74, 6) is 0. The molecule has 0 aromatic heterocycles. The van der Waals surface area contributed by atoms with E-state index in [1.807, 2.05) is 0 Å². The van der Waals surface area contributed by atoms with E-state index in [0.29, 0.717) is 0 Å². The van der Waals surface area contributed by atoms with E-state index in [4.69, 9.17) is 0 Å². The Hall–Kier alpha value is -0.755. The van der Waals surface area contributed by atoms with E-state index in [-0.39, 0.29) is 0 Å². The summed E-state index contributed by atoms with van der Waals surface area (Å²) in [5, 5.41) is 0. The molecule has 0 amide bonds. The molecule has 0 saturated heterocycles. The van der Waals surface area contributed by atoms with Crippen molar-refractivity contribution in [2.45, 2.75) is 33.0 Å². The van der Waals surface area contributed by atoms with Crippen LogP contribution in [-0.4, -0.2) is 18.7 Å². The molecule has 76 valence electrons. The van der Waals surface area contributed by atoms with Crippen LogP contribution in [0, 0.1) is 0 Å². The van der Waals surface area contributed by atoms with Crippen LogP contribution in [0.1, 0.15) is 19.4 Å². The highest BCUT2D eigenvalue weighted by Gasteiger charge is 2.14. The van der Waals surface area contributed by atoms with Crippen molar-refractivity contribution in [3.8, 4) is 0 Å². The van der Waals surface area contributed by atoms with E-state index >= 15 is 0 Å². The fourth-order valence-corrected chi connectivity index (χ4v) is 1.91. The summed E-state index contributed by atoms with van der Waals surface area (Å²) in [6, 6.07) is 10.7. The van der Waals surface area contributed by atoms with Crippen LogP contribution >= 0.6 is 0 Å². The molecule has 14 heavy (non-hydrogen) atoms. The molecule has 2 heteroatoms. The second kappa shape index (κ2) is 5.87. The summed E-state index contributed by atoms with van der Waals surface area (Å²) in [6.45, 7) is 6.30. The van der Waals surface area contributed by atoms with E-state index in [2.05, 4.69) is 56.0 Å². The third-order valence-electron chi connectivity index (χ3n) is 2.84. The van der Waals surface area contributed by atoms with Crippen LogP contribution in [-0.2, 0) is 6.54 Å². The van der Waals surface area contributed by atoms with E-state index < -0.39 is 0 Å². The van der Waals surface area contributed by atoms with Gasteiger partial charge in [-0.25, -0.2) is 0 Å². The molecule has 0 fully saturated rings. The van der Waals surface area contributed by atoms with E-state index in [0.717, 1.165) is 13.4 Å². The smallest absolute Gasteiger partial charge is 0.222 e. The maximum Gasteiger partial charge on any atom is 0.222 e. The van der Waals surface area contributed by atoms with Crippen LogP contribution in [0.2, 0.25) is 12.6 Å². The number of benzene rings is 1. The number of hydrogen-bond acceptors (Lipinski definition) is 1. The van der Waals surface area contributed by atoms with Gasteiger partial charge in [0.2, 0.25) is 6.85 Å². The Morgan fingerprint density at radius 2 is 1.64 bits per heavy atom. The van der Waals surface area contributed by atoms with E-state index in [9.17, 15) is 0 Å². The van der Waals surface area contributed by atoms with Crippen molar-refractivity contribution in [2.75, 3.05) is 7.05 Å². The van der Waals surface area contributed by atoms with E-state index in [1.54, 1.807) is 0 Å². The summed E-state index contributed by atoms with van der Waals surface area (Å²) in [5.41, 5.74) is 1.40. The normalized spacial score (nSPS) is 10.6. The number of hydrogen-bond donors (Lipinski definition) is 0. The maximum atomic E-state index is 2.44. The van der Waals surface area contributed by atoms with Crippen molar-refractivity contribution < 1.29 is 0 Å². The summed E-state index contributed by atoms with van der Waals surface area (Å²) < 4.78 is 0. The molecular weight excluding hydrogens is 169 g/mol. The van der Waals surface area contributed by atoms with Crippen LogP contribution in [0.25, 0.3) is 0 Å². The predicted octanol–water partition coefficient (Wildman–Crippen LogP) is 3.15.